The van der Waals surface area contributed by atoms with Crippen LogP contribution in [0.3, 0.4) is 0 Å². The Morgan fingerprint density at radius 3 is 2.41 bits per heavy atom. The maximum Gasteiger partial charge on any atom is 0.334 e. The molecule has 1 aliphatic heterocycles. The Bertz CT molecular complexity index is 528. The third-order valence-electron chi connectivity index (χ3n) is 4.15. The van der Waals surface area contributed by atoms with Gasteiger partial charge in [0.15, 0.2) is 0 Å². The molecular weight excluding hydrogens is 212 g/mol. The van der Waals surface area contributed by atoms with Crippen LogP contribution in [0.15, 0.2) is 24.3 Å². The van der Waals surface area contributed by atoms with Crippen molar-refractivity contribution in [3.63, 3.8) is 0 Å². The molecule has 0 aromatic heterocycles. The summed E-state index contributed by atoms with van der Waals surface area (Å²) in [6, 6.07) is 4.31. The Morgan fingerprint density at radius 1 is 1.18 bits per heavy atom. The summed E-state index contributed by atoms with van der Waals surface area (Å²) in [4.78, 5) is 11.5. The first kappa shape index (κ1) is 10.6. The number of ether oxygens (including phenoxy) is 1. The van der Waals surface area contributed by atoms with Crippen LogP contribution in [0.2, 0.25) is 0 Å². The first-order chi connectivity index (χ1) is 8.08. The predicted molar refractivity (Wildman–Crippen MR) is 65.8 cm³/mol. The fourth-order valence-corrected chi connectivity index (χ4v) is 3.03. The smallest absolute Gasteiger partial charge is 0.334 e. The van der Waals surface area contributed by atoms with Gasteiger partial charge in [-0.15, -0.1) is 0 Å². The molecule has 2 heteroatoms. The minimum atomic E-state index is -0.205. The van der Waals surface area contributed by atoms with Crippen molar-refractivity contribution in [2.75, 3.05) is 0 Å². The zero-order valence-corrected chi connectivity index (χ0v) is 10.2. The summed E-state index contributed by atoms with van der Waals surface area (Å²) in [6.07, 6.45) is 1.76. The van der Waals surface area contributed by atoms with Crippen LogP contribution in [0.1, 0.15) is 22.3 Å². The number of aryl methyl sites for hydroxylation is 2. The molecule has 1 aromatic rings. The molecule has 0 N–H and O–H groups in total. The van der Waals surface area contributed by atoms with E-state index in [1.807, 2.05) is 0 Å². The molecule has 1 aliphatic carbocycles. The van der Waals surface area contributed by atoms with E-state index in [0.29, 0.717) is 5.57 Å². The molecule has 88 valence electrons. The lowest BCUT2D eigenvalue weighted by atomic mass is 9.77. The van der Waals surface area contributed by atoms with Gasteiger partial charge in [-0.05, 0) is 42.5 Å². The van der Waals surface area contributed by atoms with Crippen molar-refractivity contribution in [1.29, 1.82) is 0 Å². The molecule has 0 saturated carbocycles. The molecule has 1 heterocycles. The topological polar surface area (TPSA) is 26.3 Å². The molecule has 0 amide bonds. The summed E-state index contributed by atoms with van der Waals surface area (Å²) in [5, 5.41) is 0. The van der Waals surface area contributed by atoms with Gasteiger partial charge in [-0.1, -0.05) is 18.7 Å². The number of fused-ring (bicyclic) bond motifs is 2. The number of esters is 1. The van der Waals surface area contributed by atoms with E-state index in [2.05, 4.69) is 32.6 Å². The van der Waals surface area contributed by atoms with Crippen LogP contribution < -0.4 is 0 Å². The van der Waals surface area contributed by atoms with Gasteiger partial charge in [0.25, 0.3) is 0 Å². The summed E-state index contributed by atoms with van der Waals surface area (Å²) < 4.78 is 5.39. The fourth-order valence-electron chi connectivity index (χ4n) is 3.03. The minimum absolute atomic E-state index is 0.0167. The highest BCUT2D eigenvalue weighted by Crippen LogP contribution is 2.39. The highest BCUT2D eigenvalue weighted by atomic mass is 16.6. The van der Waals surface area contributed by atoms with Crippen molar-refractivity contribution in [3.05, 3.63) is 46.5 Å². The van der Waals surface area contributed by atoms with E-state index in [-0.39, 0.29) is 18.0 Å². The van der Waals surface area contributed by atoms with Crippen LogP contribution in [-0.2, 0) is 22.4 Å². The predicted octanol–water partition coefficient (Wildman–Crippen LogP) is 2.50. The maximum absolute atomic E-state index is 11.5. The van der Waals surface area contributed by atoms with Gasteiger partial charge in [-0.2, -0.15) is 0 Å². The number of hydrogen-bond donors (Lipinski definition) is 0. The SMILES string of the molecule is C=C1C(=O)O[C@@H]2Cc3c(C)ccc(C)c3C[C@H]12. The van der Waals surface area contributed by atoms with Gasteiger partial charge < -0.3 is 4.74 Å². The summed E-state index contributed by atoms with van der Waals surface area (Å²) in [6.45, 7) is 8.14. The molecule has 0 spiro atoms. The van der Waals surface area contributed by atoms with Crippen molar-refractivity contribution in [3.8, 4) is 0 Å². The van der Waals surface area contributed by atoms with Crippen molar-refractivity contribution >= 4 is 5.97 Å². The van der Waals surface area contributed by atoms with Gasteiger partial charge >= 0.3 is 5.97 Å². The van der Waals surface area contributed by atoms with Crippen molar-refractivity contribution in [1.82, 2.24) is 0 Å². The lowest BCUT2D eigenvalue weighted by Crippen LogP contribution is -2.28. The van der Waals surface area contributed by atoms with Gasteiger partial charge in [0.2, 0.25) is 0 Å². The van der Waals surface area contributed by atoms with Crippen LogP contribution >= 0.6 is 0 Å². The average Bonchev–Trinajstić information content (AvgIpc) is 2.59. The second kappa shape index (κ2) is 3.46. The Labute approximate surface area is 101 Å². The second-order valence-electron chi connectivity index (χ2n) is 5.14. The quantitative estimate of drug-likeness (QED) is 0.504. The number of hydrogen-bond acceptors (Lipinski definition) is 2. The Balaban J connectivity index is 2.08. The zero-order valence-electron chi connectivity index (χ0n) is 10.2. The first-order valence-electron chi connectivity index (χ1n) is 6.05. The molecule has 3 rings (SSSR count). The van der Waals surface area contributed by atoms with E-state index >= 15 is 0 Å². The normalized spacial score (nSPS) is 26.5. The zero-order chi connectivity index (χ0) is 12.2. The Hall–Kier alpha value is -1.57. The van der Waals surface area contributed by atoms with Gasteiger partial charge in [0, 0.05) is 17.9 Å². The molecule has 0 unspecified atom stereocenters. The lowest BCUT2D eigenvalue weighted by molar-refractivity contribution is -0.139. The Kier molecular flexibility index (Phi) is 2.15. The van der Waals surface area contributed by atoms with Crippen molar-refractivity contribution in [2.24, 2.45) is 5.92 Å². The van der Waals surface area contributed by atoms with E-state index in [0.717, 1.165) is 12.8 Å². The molecule has 17 heavy (non-hydrogen) atoms. The third-order valence-corrected chi connectivity index (χ3v) is 4.15. The molecule has 0 radical (unpaired) electrons. The standard InChI is InChI=1S/C15H16O2/c1-8-4-5-9(2)12-7-14-13(6-11(8)12)10(3)15(16)17-14/h4-5,13-14H,3,6-7H2,1-2H3/t13-,14-/m1/s1. The first-order valence-corrected chi connectivity index (χ1v) is 6.05. The molecule has 2 aliphatic rings. The van der Waals surface area contributed by atoms with Crippen LogP contribution in [0, 0.1) is 19.8 Å². The average molecular weight is 228 g/mol. The monoisotopic (exact) mass is 228 g/mol. The van der Waals surface area contributed by atoms with Crippen LogP contribution in [-0.4, -0.2) is 12.1 Å². The number of carbonyl (C=O) groups is 1. The largest absolute Gasteiger partial charge is 0.458 e. The highest BCUT2D eigenvalue weighted by molar-refractivity contribution is 5.91. The number of carbonyl (C=O) groups excluding carboxylic acids is 1. The van der Waals surface area contributed by atoms with E-state index in [9.17, 15) is 4.79 Å². The summed E-state index contributed by atoms with van der Waals surface area (Å²) in [5.41, 5.74) is 6.04. The van der Waals surface area contributed by atoms with Crippen molar-refractivity contribution in [2.45, 2.75) is 32.8 Å². The second-order valence-corrected chi connectivity index (χ2v) is 5.14. The molecule has 1 fully saturated rings. The van der Waals surface area contributed by atoms with E-state index in [1.165, 1.54) is 22.3 Å². The molecule has 1 aromatic carbocycles. The van der Waals surface area contributed by atoms with Gasteiger partial charge in [0.05, 0.1) is 0 Å². The lowest BCUT2D eigenvalue weighted by Gasteiger charge is -2.28. The molecule has 0 bridgehead atoms. The molecule has 2 atom stereocenters. The highest BCUT2D eigenvalue weighted by Gasteiger charge is 2.42. The van der Waals surface area contributed by atoms with E-state index in [4.69, 9.17) is 4.74 Å². The van der Waals surface area contributed by atoms with Crippen LogP contribution in [0.25, 0.3) is 0 Å². The Morgan fingerprint density at radius 2 is 1.76 bits per heavy atom. The van der Waals surface area contributed by atoms with Crippen molar-refractivity contribution < 1.29 is 9.53 Å². The molecule has 1 saturated heterocycles. The van der Waals surface area contributed by atoms with E-state index < -0.39 is 0 Å². The van der Waals surface area contributed by atoms with E-state index in [1.54, 1.807) is 0 Å². The molecular formula is C15H16O2. The van der Waals surface area contributed by atoms with Crippen LogP contribution in [0.5, 0.6) is 0 Å². The maximum atomic E-state index is 11.5. The minimum Gasteiger partial charge on any atom is -0.458 e. The van der Waals surface area contributed by atoms with Crippen LogP contribution in [0.4, 0.5) is 0 Å². The molecule has 2 nitrogen and oxygen atoms in total. The number of benzene rings is 1. The fraction of sp³-hybridized carbons (Fsp3) is 0.400. The summed E-state index contributed by atoms with van der Waals surface area (Å²) in [5.74, 6) is -0.0152. The third kappa shape index (κ3) is 1.43. The summed E-state index contributed by atoms with van der Waals surface area (Å²) in [7, 11) is 0. The van der Waals surface area contributed by atoms with Gasteiger partial charge in [-0.25, -0.2) is 4.79 Å². The van der Waals surface area contributed by atoms with Gasteiger partial charge in [-0.3, -0.25) is 0 Å². The summed E-state index contributed by atoms with van der Waals surface area (Å²) >= 11 is 0. The number of rotatable bonds is 0. The van der Waals surface area contributed by atoms with Gasteiger partial charge in [0.1, 0.15) is 6.10 Å².